The molecule has 0 unspecified atom stereocenters. The third-order valence-electron chi connectivity index (χ3n) is 2.84. The lowest BCUT2D eigenvalue weighted by atomic mass is 10.1. The lowest BCUT2D eigenvalue weighted by Crippen LogP contribution is -1.93. The van der Waals surface area contributed by atoms with Crippen molar-refractivity contribution < 1.29 is 14.6 Å². The molecule has 0 amide bonds. The largest absolute Gasteiger partial charge is 0.504 e. The zero-order valence-corrected chi connectivity index (χ0v) is 14.3. The highest BCUT2D eigenvalue weighted by Crippen LogP contribution is 2.33. The third-order valence-corrected chi connectivity index (χ3v) is 4.06. The van der Waals surface area contributed by atoms with Crippen molar-refractivity contribution in [2.75, 3.05) is 7.11 Å². The van der Waals surface area contributed by atoms with Gasteiger partial charge in [-0.15, -0.1) is 0 Å². The summed E-state index contributed by atoms with van der Waals surface area (Å²) in [7, 11) is 1.48. The summed E-state index contributed by atoms with van der Waals surface area (Å²) in [5.41, 5.74) is 1.35. The second kappa shape index (κ2) is 6.91. The number of halogens is 2. The third kappa shape index (κ3) is 3.95. The molecule has 0 fully saturated rings. The topological polar surface area (TPSA) is 46.5 Å². The zero-order chi connectivity index (χ0) is 15.4. The number of carbonyl (C=O) groups excluding carboxylic acids is 1. The number of carbonyl (C=O) groups is 1. The maximum absolute atomic E-state index is 12.1. The van der Waals surface area contributed by atoms with Crippen LogP contribution in [-0.2, 0) is 0 Å². The van der Waals surface area contributed by atoms with Crippen molar-refractivity contribution in [1.82, 2.24) is 0 Å². The number of hydrogen-bond acceptors (Lipinski definition) is 3. The molecule has 0 bridgehead atoms. The number of rotatable bonds is 4. The maximum Gasteiger partial charge on any atom is 0.185 e. The molecule has 2 aromatic rings. The molecule has 2 rings (SSSR count). The van der Waals surface area contributed by atoms with Gasteiger partial charge in [0.15, 0.2) is 17.3 Å². The van der Waals surface area contributed by atoms with Gasteiger partial charge < -0.3 is 9.84 Å². The maximum atomic E-state index is 12.1. The fourth-order valence-corrected chi connectivity index (χ4v) is 2.45. The Bertz CT molecular complexity index is 691. The second-order valence-corrected chi connectivity index (χ2v) is 6.02. The quantitative estimate of drug-likeness (QED) is 0.579. The van der Waals surface area contributed by atoms with Crippen LogP contribution in [0.25, 0.3) is 6.08 Å². The average molecular weight is 412 g/mol. The van der Waals surface area contributed by atoms with Gasteiger partial charge in [-0.2, -0.15) is 0 Å². The Hall–Kier alpha value is -1.59. The number of ketones is 1. The minimum Gasteiger partial charge on any atom is -0.504 e. The van der Waals surface area contributed by atoms with Crippen molar-refractivity contribution in [2.45, 2.75) is 0 Å². The molecule has 5 heteroatoms. The lowest BCUT2D eigenvalue weighted by Gasteiger charge is -2.06. The van der Waals surface area contributed by atoms with Gasteiger partial charge in [-0.3, -0.25) is 4.79 Å². The fourth-order valence-electron chi connectivity index (χ4n) is 1.73. The Morgan fingerprint density at radius 2 is 1.86 bits per heavy atom. The minimum absolute atomic E-state index is 0.0424. The smallest absolute Gasteiger partial charge is 0.185 e. The number of methoxy groups -OCH3 is 1. The van der Waals surface area contributed by atoms with Crippen molar-refractivity contribution in [1.29, 1.82) is 0 Å². The predicted octanol–water partition coefficient (Wildman–Crippen LogP) is 4.82. The van der Waals surface area contributed by atoms with Crippen LogP contribution in [0, 0.1) is 0 Å². The van der Waals surface area contributed by atoms with Crippen LogP contribution in [-0.4, -0.2) is 18.0 Å². The van der Waals surface area contributed by atoms with E-state index >= 15 is 0 Å². The van der Waals surface area contributed by atoms with Crippen molar-refractivity contribution in [3.05, 3.63) is 62.5 Å². The summed E-state index contributed by atoms with van der Waals surface area (Å²) in [6, 6.07) is 10.3. The monoisotopic (exact) mass is 410 g/mol. The van der Waals surface area contributed by atoms with Crippen LogP contribution in [0.15, 0.2) is 51.4 Å². The van der Waals surface area contributed by atoms with Crippen molar-refractivity contribution >= 4 is 43.7 Å². The van der Waals surface area contributed by atoms with E-state index in [1.54, 1.807) is 24.3 Å². The number of benzene rings is 2. The Labute approximate surface area is 139 Å². The number of phenols is 1. The van der Waals surface area contributed by atoms with E-state index in [9.17, 15) is 9.90 Å². The summed E-state index contributed by atoms with van der Waals surface area (Å²) in [5.74, 6) is 0.302. The van der Waals surface area contributed by atoms with E-state index in [2.05, 4.69) is 31.9 Å². The van der Waals surface area contributed by atoms with Crippen LogP contribution in [0.5, 0.6) is 11.5 Å². The van der Waals surface area contributed by atoms with Crippen LogP contribution < -0.4 is 4.74 Å². The van der Waals surface area contributed by atoms with Gasteiger partial charge in [0.2, 0.25) is 0 Å². The normalized spacial score (nSPS) is 10.8. The van der Waals surface area contributed by atoms with E-state index in [0.717, 1.165) is 10.0 Å². The Morgan fingerprint density at radius 1 is 1.19 bits per heavy atom. The van der Waals surface area contributed by atoms with Crippen LogP contribution in [0.3, 0.4) is 0 Å². The van der Waals surface area contributed by atoms with Crippen molar-refractivity contribution in [3.8, 4) is 11.5 Å². The first-order valence-electron chi connectivity index (χ1n) is 6.05. The SMILES string of the molecule is COc1cc(C=CC(=O)c2ccc(Br)cc2)c(Br)cc1O. The molecule has 108 valence electrons. The zero-order valence-electron chi connectivity index (χ0n) is 11.1. The number of allylic oxidation sites excluding steroid dienone is 1. The van der Waals surface area contributed by atoms with Crippen molar-refractivity contribution in [3.63, 3.8) is 0 Å². The van der Waals surface area contributed by atoms with Gasteiger partial charge in [-0.1, -0.05) is 31.9 Å². The fraction of sp³-hybridized carbons (Fsp3) is 0.0625. The summed E-state index contributed by atoms with van der Waals surface area (Å²) in [6.07, 6.45) is 3.16. The highest BCUT2D eigenvalue weighted by Gasteiger charge is 2.07. The minimum atomic E-state index is -0.0959. The van der Waals surface area contributed by atoms with Crippen LogP contribution in [0.1, 0.15) is 15.9 Å². The van der Waals surface area contributed by atoms with Crippen LogP contribution in [0.4, 0.5) is 0 Å². The van der Waals surface area contributed by atoms with E-state index in [4.69, 9.17) is 4.74 Å². The first kappa shape index (κ1) is 15.8. The number of aromatic hydroxyl groups is 1. The predicted molar refractivity (Wildman–Crippen MR) is 89.9 cm³/mol. The van der Waals surface area contributed by atoms with E-state index in [1.807, 2.05) is 12.1 Å². The molecule has 0 aromatic heterocycles. The Morgan fingerprint density at radius 3 is 2.48 bits per heavy atom. The summed E-state index contributed by atoms with van der Waals surface area (Å²) < 4.78 is 6.66. The van der Waals surface area contributed by atoms with Gasteiger partial charge in [-0.25, -0.2) is 0 Å². The first-order chi connectivity index (χ1) is 10.0. The van der Waals surface area contributed by atoms with Gasteiger partial charge in [0.05, 0.1) is 7.11 Å². The van der Waals surface area contributed by atoms with Gasteiger partial charge in [0, 0.05) is 14.5 Å². The number of hydrogen-bond donors (Lipinski definition) is 1. The molecular formula is C16H12Br2O3. The highest BCUT2D eigenvalue weighted by molar-refractivity contribution is 9.10. The molecule has 21 heavy (non-hydrogen) atoms. The summed E-state index contributed by atoms with van der Waals surface area (Å²) in [4.78, 5) is 12.1. The Balaban J connectivity index is 2.24. The molecule has 0 aliphatic rings. The molecule has 0 aliphatic carbocycles. The van der Waals surface area contributed by atoms with Crippen LogP contribution >= 0.6 is 31.9 Å². The van der Waals surface area contributed by atoms with Gasteiger partial charge in [0.1, 0.15) is 0 Å². The highest BCUT2D eigenvalue weighted by atomic mass is 79.9. The first-order valence-corrected chi connectivity index (χ1v) is 7.64. The van der Waals surface area contributed by atoms with Gasteiger partial charge >= 0.3 is 0 Å². The molecule has 0 saturated carbocycles. The van der Waals surface area contributed by atoms with Gasteiger partial charge in [0.25, 0.3) is 0 Å². The van der Waals surface area contributed by atoms with E-state index < -0.39 is 0 Å². The molecule has 2 aromatic carbocycles. The summed E-state index contributed by atoms with van der Waals surface area (Å²) in [5, 5.41) is 9.65. The molecule has 0 saturated heterocycles. The molecule has 3 nitrogen and oxygen atoms in total. The van der Waals surface area contributed by atoms with E-state index in [-0.39, 0.29) is 11.5 Å². The standard InChI is InChI=1S/C16H12Br2O3/c1-21-16-8-11(13(18)9-15(16)20)4-7-14(19)10-2-5-12(17)6-3-10/h2-9,20H,1H3. The molecule has 0 aliphatic heterocycles. The lowest BCUT2D eigenvalue weighted by molar-refractivity contribution is 0.104. The summed E-state index contributed by atoms with van der Waals surface area (Å²) >= 11 is 6.67. The van der Waals surface area contributed by atoms with Gasteiger partial charge in [-0.05, 0) is 54.1 Å². The number of phenolic OH excluding ortho intramolecular Hbond substituents is 1. The van der Waals surface area contributed by atoms with E-state index in [0.29, 0.717) is 15.8 Å². The molecule has 0 spiro atoms. The average Bonchev–Trinajstić information content (AvgIpc) is 2.47. The Kier molecular flexibility index (Phi) is 5.20. The molecule has 0 atom stereocenters. The van der Waals surface area contributed by atoms with E-state index in [1.165, 1.54) is 19.3 Å². The molecular weight excluding hydrogens is 400 g/mol. The van der Waals surface area contributed by atoms with Crippen molar-refractivity contribution in [2.24, 2.45) is 0 Å². The summed E-state index contributed by atoms with van der Waals surface area (Å²) in [6.45, 7) is 0. The van der Waals surface area contributed by atoms with Crippen LogP contribution in [0.2, 0.25) is 0 Å². The molecule has 0 heterocycles. The number of ether oxygens (including phenoxy) is 1. The second-order valence-electron chi connectivity index (χ2n) is 4.25. The molecule has 0 radical (unpaired) electrons. The molecule has 1 N–H and O–H groups in total.